The Labute approximate surface area is 98.9 Å². The number of hydrogen-bond acceptors (Lipinski definition) is 1. The summed E-state index contributed by atoms with van der Waals surface area (Å²) >= 11 is 6.70. The molecule has 0 saturated carbocycles. The molecule has 0 aromatic heterocycles. The molecule has 14 heavy (non-hydrogen) atoms. The van der Waals surface area contributed by atoms with Crippen molar-refractivity contribution in [3.63, 3.8) is 0 Å². The lowest BCUT2D eigenvalue weighted by Crippen LogP contribution is -1.88. The summed E-state index contributed by atoms with van der Waals surface area (Å²) in [6, 6.07) is 5.71. The van der Waals surface area contributed by atoms with Gasteiger partial charge in [0.1, 0.15) is 0 Å². The molecule has 1 aromatic rings. The van der Waals surface area contributed by atoms with Crippen molar-refractivity contribution in [1.82, 2.24) is 0 Å². The third-order valence-electron chi connectivity index (χ3n) is 1.65. The lowest BCUT2D eigenvalue weighted by Gasteiger charge is -2.02. The highest BCUT2D eigenvalue weighted by Gasteiger charge is 1.99. The Bertz CT molecular complexity index is 372. The van der Waals surface area contributed by atoms with Crippen molar-refractivity contribution < 1.29 is 9.90 Å². The molecule has 2 nitrogen and oxygen atoms in total. The molecule has 0 saturated heterocycles. The summed E-state index contributed by atoms with van der Waals surface area (Å²) in [5.41, 5.74) is 1.96. The molecule has 0 aliphatic rings. The van der Waals surface area contributed by atoms with Crippen LogP contribution in [-0.2, 0) is 10.1 Å². The molecule has 0 heterocycles. The summed E-state index contributed by atoms with van der Waals surface area (Å²) in [5.74, 6) is -0.937. The molecule has 0 aliphatic heterocycles. The maximum absolute atomic E-state index is 10.3. The molecule has 0 amide bonds. The molecule has 0 unspecified atom stereocenters. The second-order valence-corrected chi connectivity index (χ2v) is 4.12. The van der Waals surface area contributed by atoms with E-state index in [4.69, 9.17) is 5.11 Å². The van der Waals surface area contributed by atoms with Crippen LogP contribution in [0.3, 0.4) is 0 Å². The first-order chi connectivity index (χ1) is 6.63. The first kappa shape index (κ1) is 11.5. The van der Waals surface area contributed by atoms with Crippen LogP contribution in [0.2, 0.25) is 0 Å². The first-order valence-corrected chi connectivity index (χ1v) is 5.80. The van der Waals surface area contributed by atoms with Crippen LogP contribution in [-0.4, -0.2) is 11.1 Å². The highest BCUT2D eigenvalue weighted by atomic mass is 79.9. The lowest BCUT2D eigenvalue weighted by atomic mass is 10.1. The van der Waals surface area contributed by atoms with Gasteiger partial charge in [-0.3, -0.25) is 0 Å². The van der Waals surface area contributed by atoms with Gasteiger partial charge in [-0.25, -0.2) is 4.79 Å². The quantitative estimate of drug-likeness (QED) is 0.684. The molecular weight excluding hydrogens is 312 g/mol. The summed E-state index contributed by atoms with van der Waals surface area (Å²) in [4.78, 5) is 10.3. The Kier molecular flexibility index (Phi) is 4.35. The Hall–Kier alpha value is -0.610. The summed E-state index contributed by atoms with van der Waals surface area (Å²) < 4.78 is 0.986. The van der Waals surface area contributed by atoms with Crippen molar-refractivity contribution in [2.75, 3.05) is 0 Å². The van der Waals surface area contributed by atoms with Crippen molar-refractivity contribution in [3.8, 4) is 0 Å². The largest absolute Gasteiger partial charge is 0.478 e. The average Bonchev–Trinajstić information content (AvgIpc) is 2.15. The van der Waals surface area contributed by atoms with Crippen LogP contribution in [0, 0.1) is 0 Å². The van der Waals surface area contributed by atoms with E-state index in [-0.39, 0.29) is 0 Å². The van der Waals surface area contributed by atoms with Crippen molar-refractivity contribution in [2.24, 2.45) is 0 Å². The number of carboxylic acids is 1. The zero-order valence-electron chi connectivity index (χ0n) is 7.21. The fourth-order valence-corrected chi connectivity index (χ4v) is 1.91. The highest BCUT2D eigenvalue weighted by molar-refractivity contribution is 9.10. The number of halogens is 2. The van der Waals surface area contributed by atoms with E-state index < -0.39 is 5.97 Å². The van der Waals surface area contributed by atoms with Crippen LogP contribution >= 0.6 is 31.9 Å². The van der Waals surface area contributed by atoms with E-state index in [1.807, 2.05) is 18.2 Å². The van der Waals surface area contributed by atoms with E-state index in [1.165, 1.54) is 0 Å². The second kappa shape index (κ2) is 5.32. The van der Waals surface area contributed by atoms with E-state index >= 15 is 0 Å². The molecule has 0 atom stereocenters. The summed E-state index contributed by atoms with van der Waals surface area (Å²) in [7, 11) is 0. The van der Waals surface area contributed by atoms with Gasteiger partial charge in [0.25, 0.3) is 0 Å². The zero-order valence-corrected chi connectivity index (χ0v) is 10.4. The van der Waals surface area contributed by atoms with Gasteiger partial charge in [-0.15, -0.1) is 0 Å². The monoisotopic (exact) mass is 318 g/mol. The van der Waals surface area contributed by atoms with Gasteiger partial charge in [0.2, 0.25) is 0 Å². The smallest absolute Gasteiger partial charge is 0.328 e. The molecule has 0 bridgehead atoms. The number of carbonyl (C=O) groups is 1. The van der Waals surface area contributed by atoms with E-state index in [0.717, 1.165) is 21.7 Å². The van der Waals surface area contributed by atoms with Gasteiger partial charge in [0.15, 0.2) is 0 Å². The normalized spacial score (nSPS) is 10.7. The van der Waals surface area contributed by atoms with Crippen molar-refractivity contribution >= 4 is 43.9 Å². The van der Waals surface area contributed by atoms with Crippen LogP contribution in [0.15, 0.2) is 28.7 Å². The summed E-state index contributed by atoms with van der Waals surface area (Å²) in [6.07, 6.45) is 2.72. The van der Waals surface area contributed by atoms with Crippen LogP contribution in [0.4, 0.5) is 0 Å². The minimum atomic E-state index is -0.937. The van der Waals surface area contributed by atoms with Crippen LogP contribution in [0.25, 0.3) is 6.08 Å². The maximum atomic E-state index is 10.3. The highest BCUT2D eigenvalue weighted by Crippen LogP contribution is 2.20. The molecule has 0 spiro atoms. The van der Waals surface area contributed by atoms with Gasteiger partial charge in [0.05, 0.1) is 0 Å². The van der Waals surface area contributed by atoms with E-state index in [1.54, 1.807) is 6.08 Å². The molecule has 0 radical (unpaired) electrons. The van der Waals surface area contributed by atoms with Gasteiger partial charge in [0, 0.05) is 15.9 Å². The SMILES string of the molecule is O=C(O)/C=C/c1ccc(Br)cc1CBr. The minimum absolute atomic E-state index is 0.700. The summed E-state index contributed by atoms with van der Waals surface area (Å²) in [6.45, 7) is 0. The third-order valence-corrected chi connectivity index (χ3v) is 2.75. The predicted molar refractivity (Wildman–Crippen MR) is 63.4 cm³/mol. The fourth-order valence-electron chi connectivity index (χ4n) is 1.01. The zero-order chi connectivity index (χ0) is 10.6. The van der Waals surface area contributed by atoms with E-state index in [0.29, 0.717) is 5.33 Å². The van der Waals surface area contributed by atoms with Gasteiger partial charge in [-0.1, -0.05) is 37.9 Å². The second-order valence-electron chi connectivity index (χ2n) is 2.65. The lowest BCUT2D eigenvalue weighted by molar-refractivity contribution is -0.131. The van der Waals surface area contributed by atoms with Gasteiger partial charge >= 0.3 is 5.97 Å². The van der Waals surface area contributed by atoms with Crippen LogP contribution < -0.4 is 0 Å². The summed E-state index contributed by atoms with van der Waals surface area (Å²) in [5, 5.41) is 9.19. The average molecular weight is 320 g/mol. The number of benzene rings is 1. The minimum Gasteiger partial charge on any atom is -0.478 e. The molecule has 1 N–H and O–H groups in total. The fraction of sp³-hybridized carbons (Fsp3) is 0.100. The Morgan fingerprint density at radius 2 is 2.21 bits per heavy atom. The Balaban J connectivity index is 3.02. The number of rotatable bonds is 3. The molecule has 1 rings (SSSR count). The maximum Gasteiger partial charge on any atom is 0.328 e. The molecule has 74 valence electrons. The van der Waals surface area contributed by atoms with Crippen LogP contribution in [0.5, 0.6) is 0 Å². The molecular formula is C10H8Br2O2. The van der Waals surface area contributed by atoms with Crippen molar-refractivity contribution in [2.45, 2.75) is 5.33 Å². The molecule has 0 aliphatic carbocycles. The number of alkyl halides is 1. The van der Waals surface area contributed by atoms with Crippen molar-refractivity contribution in [3.05, 3.63) is 39.9 Å². The van der Waals surface area contributed by atoms with Crippen LogP contribution in [0.1, 0.15) is 11.1 Å². The number of carboxylic acid groups (broad SMARTS) is 1. The standard InChI is InChI=1S/C10H8Br2O2/c11-6-8-5-9(12)3-1-7(8)2-4-10(13)14/h1-5H,6H2,(H,13,14)/b4-2+. The van der Waals surface area contributed by atoms with Gasteiger partial charge < -0.3 is 5.11 Å². The van der Waals surface area contributed by atoms with E-state index in [2.05, 4.69) is 31.9 Å². The Morgan fingerprint density at radius 3 is 2.79 bits per heavy atom. The predicted octanol–water partition coefficient (Wildman–Crippen LogP) is 3.44. The third kappa shape index (κ3) is 3.27. The first-order valence-electron chi connectivity index (χ1n) is 3.89. The molecule has 4 heteroatoms. The number of hydrogen-bond donors (Lipinski definition) is 1. The van der Waals surface area contributed by atoms with Gasteiger partial charge in [-0.2, -0.15) is 0 Å². The Morgan fingerprint density at radius 1 is 1.50 bits per heavy atom. The van der Waals surface area contributed by atoms with Gasteiger partial charge in [-0.05, 0) is 29.3 Å². The van der Waals surface area contributed by atoms with E-state index in [9.17, 15) is 4.79 Å². The van der Waals surface area contributed by atoms with Crippen molar-refractivity contribution in [1.29, 1.82) is 0 Å². The molecule has 1 aromatic carbocycles. The number of aliphatic carboxylic acids is 1. The molecule has 0 fully saturated rings. The topological polar surface area (TPSA) is 37.3 Å².